The molecule has 0 spiro atoms. The molecule has 1 fully saturated rings. The molecule has 3 nitrogen and oxygen atoms in total. The Morgan fingerprint density at radius 3 is 2.74 bits per heavy atom. The predicted octanol–water partition coefficient (Wildman–Crippen LogP) is 3.02. The Morgan fingerprint density at radius 2 is 2.21 bits per heavy atom. The third-order valence-electron chi connectivity index (χ3n) is 3.51. The molecule has 2 N–H and O–H groups in total. The summed E-state index contributed by atoms with van der Waals surface area (Å²) in [4.78, 5) is 11.6. The maximum atomic E-state index is 13.9. The molecule has 0 amide bonds. The highest BCUT2D eigenvalue weighted by atomic mass is 32.2. The van der Waals surface area contributed by atoms with Crippen molar-refractivity contribution in [3.63, 3.8) is 0 Å². The molecule has 0 saturated heterocycles. The van der Waals surface area contributed by atoms with Crippen LogP contribution in [0.2, 0.25) is 0 Å². The quantitative estimate of drug-likeness (QED) is 0.892. The van der Waals surface area contributed by atoms with Crippen molar-refractivity contribution in [2.75, 3.05) is 0 Å². The van der Waals surface area contributed by atoms with Crippen molar-refractivity contribution in [2.24, 2.45) is 0 Å². The van der Waals surface area contributed by atoms with Gasteiger partial charge in [0.2, 0.25) is 0 Å². The highest BCUT2D eigenvalue weighted by Crippen LogP contribution is 2.36. The number of rotatable bonds is 4. The number of aliphatic carboxylic acids is 1. The standard InChI is InChI=1S/C14H17FO3S/c1-8(14(17)18)10-6-5-9(7-11(10)15)19-13-4-2-3-12(13)16/h5-8,12-13,16H,2-4H2,1H3,(H,17,18)/t8?,12-,13-/m0/s1. The Kier molecular flexibility index (Phi) is 4.47. The summed E-state index contributed by atoms with van der Waals surface area (Å²) < 4.78 is 13.9. The fourth-order valence-electron chi connectivity index (χ4n) is 2.28. The second-order valence-electron chi connectivity index (χ2n) is 4.90. The van der Waals surface area contributed by atoms with Gasteiger partial charge in [-0.1, -0.05) is 6.07 Å². The van der Waals surface area contributed by atoms with Gasteiger partial charge >= 0.3 is 5.97 Å². The fourth-order valence-corrected chi connectivity index (χ4v) is 3.53. The molecule has 0 heterocycles. The van der Waals surface area contributed by atoms with Gasteiger partial charge in [0.1, 0.15) is 5.82 Å². The lowest BCUT2D eigenvalue weighted by Gasteiger charge is -2.15. The monoisotopic (exact) mass is 284 g/mol. The highest BCUT2D eigenvalue weighted by molar-refractivity contribution is 8.00. The van der Waals surface area contributed by atoms with Gasteiger partial charge in [-0.05, 0) is 38.3 Å². The van der Waals surface area contributed by atoms with Crippen molar-refractivity contribution < 1.29 is 19.4 Å². The molecule has 1 aliphatic carbocycles. The van der Waals surface area contributed by atoms with Gasteiger partial charge in [-0.2, -0.15) is 0 Å². The van der Waals surface area contributed by atoms with Gasteiger partial charge in [0.05, 0.1) is 12.0 Å². The van der Waals surface area contributed by atoms with Crippen LogP contribution >= 0.6 is 11.8 Å². The van der Waals surface area contributed by atoms with Crippen molar-refractivity contribution in [3.8, 4) is 0 Å². The minimum atomic E-state index is -1.04. The first kappa shape index (κ1) is 14.3. The Hall–Kier alpha value is -1.07. The van der Waals surface area contributed by atoms with E-state index in [1.54, 1.807) is 6.07 Å². The lowest BCUT2D eigenvalue weighted by atomic mass is 10.0. The summed E-state index contributed by atoms with van der Waals surface area (Å²) in [6.45, 7) is 1.47. The molecule has 1 aromatic rings. The second kappa shape index (κ2) is 5.92. The van der Waals surface area contributed by atoms with E-state index in [-0.39, 0.29) is 16.9 Å². The Bertz CT molecular complexity index is 478. The van der Waals surface area contributed by atoms with E-state index in [9.17, 15) is 14.3 Å². The number of halogens is 1. The zero-order valence-corrected chi connectivity index (χ0v) is 11.5. The first-order valence-corrected chi connectivity index (χ1v) is 7.24. The summed E-state index contributed by atoms with van der Waals surface area (Å²) in [5, 5.41) is 18.7. The second-order valence-corrected chi connectivity index (χ2v) is 6.21. The zero-order chi connectivity index (χ0) is 14.0. The number of aliphatic hydroxyl groups excluding tert-OH is 1. The van der Waals surface area contributed by atoms with E-state index in [4.69, 9.17) is 5.11 Å². The average molecular weight is 284 g/mol. The topological polar surface area (TPSA) is 57.5 Å². The van der Waals surface area contributed by atoms with E-state index < -0.39 is 17.7 Å². The van der Waals surface area contributed by atoms with Crippen LogP contribution in [0, 0.1) is 5.82 Å². The van der Waals surface area contributed by atoms with E-state index in [0.717, 1.165) is 24.2 Å². The van der Waals surface area contributed by atoms with Crippen molar-refractivity contribution in [1.29, 1.82) is 0 Å². The molecule has 0 aliphatic heterocycles. The predicted molar refractivity (Wildman–Crippen MR) is 72.0 cm³/mol. The smallest absolute Gasteiger partial charge is 0.310 e. The molecule has 3 atom stereocenters. The van der Waals surface area contributed by atoms with Crippen molar-refractivity contribution in [2.45, 2.75) is 48.4 Å². The molecule has 5 heteroatoms. The number of carboxylic acids is 1. The molecule has 1 unspecified atom stereocenters. The van der Waals surface area contributed by atoms with Crippen LogP contribution < -0.4 is 0 Å². The largest absolute Gasteiger partial charge is 0.481 e. The van der Waals surface area contributed by atoms with Crippen LogP contribution in [-0.2, 0) is 4.79 Å². The van der Waals surface area contributed by atoms with Gasteiger partial charge in [-0.15, -0.1) is 11.8 Å². The summed E-state index contributed by atoms with van der Waals surface area (Å²) >= 11 is 1.46. The van der Waals surface area contributed by atoms with E-state index in [2.05, 4.69) is 0 Å². The third-order valence-corrected chi connectivity index (χ3v) is 4.89. The van der Waals surface area contributed by atoms with Gasteiger partial charge in [-0.3, -0.25) is 4.79 Å². The van der Waals surface area contributed by atoms with Crippen LogP contribution in [0.15, 0.2) is 23.1 Å². The van der Waals surface area contributed by atoms with Crippen LogP contribution in [0.3, 0.4) is 0 Å². The van der Waals surface area contributed by atoms with Gasteiger partial charge < -0.3 is 10.2 Å². The number of carbonyl (C=O) groups is 1. The lowest BCUT2D eigenvalue weighted by Crippen LogP contribution is -2.15. The molecule has 19 heavy (non-hydrogen) atoms. The first-order valence-electron chi connectivity index (χ1n) is 6.36. The van der Waals surface area contributed by atoms with Crippen molar-refractivity contribution >= 4 is 17.7 Å². The van der Waals surface area contributed by atoms with Gasteiger partial charge in [-0.25, -0.2) is 4.39 Å². The van der Waals surface area contributed by atoms with E-state index in [1.807, 2.05) is 0 Å². The molecule has 1 aliphatic rings. The molecule has 2 rings (SSSR count). The maximum Gasteiger partial charge on any atom is 0.310 e. The SMILES string of the molecule is CC(C(=O)O)c1ccc(S[C@H]2CCC[C@@H]2O)cc1F. The van der Waals surface area contributed by atoms with E-state index in [1.165, 1.54) is 30.8 Å². The Morgan fingerprint density at radius 1 is 1.47 bits per heavy atom. The molecule has 0 aromatic heterocycles. The number of thioether (sulfide) groups is 1. The minimum Gasteiger partial charge on any atom is -0.481 e. The van der Waals surface area contributed by atoms with Gasteiger partial charge in [0, 0.05) is 15.7 Å². The summed E-state index contributed by atoms with van der Waals surface area (Å²) in [7, 11) is 0. The summed E-state index contributed by atoms with van der Waals surface area (Å²) in [5.74, 6) is -2.38. The summed E-state index contributed by atoms with van der Waals surface area (Å²) in [6, 6.07) is 4.62. The lowest BCUT2D eigenvalue weighted by molar-refractivity contribution is -0.138. The molecule has 104 valence electrons. The number of benzene rings is 1. The minimum absolute atomic E-state index is 0.113. The molecule has 0 bridgehead atoms. The normalized spacial score (nSPS) is 24.4. The molecular formula is C14H17FO3S. The number of aliphatic hydroxyl groups is 1. The van der Waals surface area contributed by atoms with Crippen molar-refractivity contribution in [1.82, 2.24) is 0 Å². The molecule has 1 saturated carbocycles. The van der Waals surface area contributed by atoms with Gasteiger partial charge in [0.25, 0.3) is 0 Å². The Balaban J connectivity index is 2.12. The third kappa shape index (κ3) is 3.28. The number of hydrogen-bond acceptors (Lipinski definition) is 3. The fraction of sp³-hybridized carbons (Fsp3) is 0.500. The van der Waals surface area contributed by atoms with Crippen LogP contribution in [0.5, 0.6) is 0 Å². The maximum absolute atomic E-state index is 13.9. The molecule has 1 aromatic carbocycles. The van der Waals surface area contributed by atoms with Crippen LogP contribution in [0.1, 0.15) is 37.7 Å². The van der Waals surface area contributed by atoms with Gasteiger partial charge in [0.15, 0.2) is 0 Å². The van der Waals surface area contributed by atoms with Crippen LogP contribution in [0.25, 0.3) is 0 Å². The summed E-state index contributed by atoms with van der Waals surface area (Å²) in [5.41, 5.74) is 0.198. The number of carboxylic acid groups (broad SMARTS) is 1. The first-order chi connectivity index (χ1) is 8.99. The van der Waals surface area contributed by atoms with Crippen molar-refractivity contribution in [3.05, 3.63) is 29.6 Å². The molecule has 0 radical (unpaired) electrons. The number of hydrogen-bond donors (Lipinski definition) is 2. The highest BCUT2D eigenvalue weighted by Gasteiger charge is 2.26. The molecular weight excluding hydrogens is 267 g/mol. The zero-order valence-electron chi connectivity index (χ0n) is 10.7. The average Bonchev–Trinajstić information content (AvgIpc) is 2.74. The van der Waals surface area contributed by atoms with E-state index >= 15 is 0 Å². The van der Waals surface area contributed by atoms with E-state index in [0.29, 0.717) is 0 Å². The Labute approximate surface area is 115 Å². The summed E-state index contributed by atoms with van der Waals surface area (Å²) in [6.07, 6.45) is 2.40. The van der Waals surface area contributed by atoms with Crippen LogP contribution in [-0.4, -0.2) is 27.5 Å². The van der Waals surface area contributed by atoms with Crippen LogP contribution in [0.4, 0.5) is 4.39 Å².